The number of nitrogens with one attached hydrogen (secondary N) is 1. The maximum Gasteiger partial charge on any atom is 0.0511 e. The topological polar surface area (TPSA) is 27.6 Å². The molecule has 1 heterocycles. The first-order valence-corrected chi connectivity index (χ1v) is 9.72. The summed E-state index contributed by atoms with van der Waals surface area (Å²) in [4.78, 5) is 6.02. The first-order chi connectivity index (χ1) is 13.6. The van der Waals surface area contributed by atoms with E-state index in [1.807, 2.05) is 19.2 Å². The summed E-state index contributed by atoms with van der Waals surface area (Å²) in [5.41, 5.74) is 7.72. The lowest BCUT2D eigenvalue weighted by Crippen LogP contribution is -2.26. The van der Waals surface area contributed by atoms with Crippen LogP contribution in [0, 0.1) is 5.92 Å². The molecule has 1 N–H and O–H groups in total. The third-order valence-electron chi connectivity index (χ3n) is 5.58. The zero-order valence-corrected chi connectivity index (χ0v) is 16.9. The Balaban J connectivity index is 2.12. The van der Waals surface area contributed by atoms with E-state index in [-0.39, 0.29) is 0 Å². The molecule has 144 valence electrons. The molecule has 0 atom stereocenters. The van der Waals surface area contributed by atoms with Crippen LogP contribution in [0.3, 0.4) is 0 Å². The predicted octanol–water partition coefficient (Wildman–Crippen LogP) is 5.63. The van der Waals surface area contributed by atoms with Crippen LogP contribution in [0.25, 0.3) is 5.57 Å². The Hall–Kier alpha value is -3.07. The van der Waals surface area contributed by atoms with Crippen molar-refractivity contribution in [2.24, 2.45) is 10.9 Å². The lowest BCUT2D eigenvalue weighted by molar-refractivity contribution is 0.374. The summed E-state index contributed by atoms with van der Waals surface area (Å²) in [5, 5.41) is 3.22. The van der Waals surface area contributed by atoms with Gasteiger partial charge in [0.25, 0.3) is 0 Å². The standard InChI is InChI=1S/C25H29N3/c1-18-22-14-6-7-15-23(22)28(5)24(25(18)19(2)27-4)17-21(20-12-10-13-20)11-8-9-16-26-3/h6-9,11,14-17,20,27H,1-3,10,12-13H2,4-5H3/b11-8-,16-9-,21-17+. The zero-order chi connectivity index (χ0) is 20.1. The summed E-state index contributed by atoms with van der Waals surface area (Å²) < 4.78 is 0. The van der Waals surface area contributed by atoms with Gasteiger partial charge < -0.3 is 10.2 Å². The van der Waals surface area contributed by atoms with Gasteiger partial charge in [-0.2, -0.15) is 0 Å². The SMILES string of the molecule is C=N\C=C/C=C\C(=C/C1=C(C(=C)NC)C(=C)c2ccccc2N1C)C1CCC1. The molecule has 1 aliphatic heterocycles. The molecule has 0 saturated heterocycles. The first kappa shape index (κ1) is 19.7. The molecule has 0 aromatic heterocycles. The molecule has 1 aromatic rings. The van der Waals surface area contributed by atoms with Gasteiger partial charge in [-0.3, -0.25) is 4.99 Å². The van der Waals surface area contributed by atoms with Crippen molar-refractivity contribution >= 4 is 18.0 Å². The third kappa shape index (κ3) is 3.79. The van der Waals surface area contributed by atoms with Crippen molar-refractivity contribution in [2.45, 2.75) is 19.3 Å². The zero-order valence-electron chi connectivity index (χ0n) is 16.9. The quantitative estimate of drug-likeness (QED) is 0.496. The highest BCUT2D eigenvalue weighted by Gasteiger charge is 2.27. The smallest absolute Gasteiger partial charge is 0.0511 e. The summed E-state index contributed by atoms with van der Waals surface area (Å²) in [6, 6.07) is 8.39. The summed E-state index contributed by atoms with van der Waals surface area (Å²) >= 11 is 0. The number of para-hydroxylation sites is 1. The van der Waals surface area contributed by atoms with Gasteiger partial charge in [-0.1, -0.05) is 49.9 Å². The van der Waals surface area contributed by atoms with E-state index in [1.165, 1.54) is 30.5 Å². The summed E-state index contributed by atoms with van der Waals surface area (Å²) in [6.45, 7) is 12.1. The van der Waals surface area contributed by atoms with Crippen molar-refractivity contribution < 1.29 is 0 Å². The lowest BCUT2D eigenvalue weighted by Gasteiger charge is -2.35. The first-order valence-electron chi connectivity index (χ1n) is 9.72. The molecular formula is C25H29N3. The molecule has 1 fully saturated rings. The van der Waals surface area contributed by atoms with Gasteiger partial charge in [-0.05, 0) is 54.8 Å². The second-order valence-electron chi connectivity index (χ2n) is 7.20. The Labute approximate surface area is 168 Å². The fraction of sp³-hybridized carbons (Fsp3) is 0.240. The molecule has 28 heavy (non-hydrogen) atoms. The summed E-state index contributed by atoms with van der Waals surface area (Å²) in [6.07, 6.45) is 13.9. The van der Waals surface area contributed by atoms with Crippen molar-refractivity contribution in [1.82, 2.24) is 5.32 Å². The Morgan fingerprint density at radius 2 is 2.00 bits per heavy atom. The number of hydrogen-bond donors (Lipinski definition) is 1. The van der Waals surface area contributed by atoms with E-state index in [1.54, 1.807) is 6.20 Å². The van der Waals surface area contributed by atoms with Crippen molar-refractivity contribution in [1.29, 1.82) is 0 Å². The van der Waals surface area contributed by atoms with Crippen LogP contribution in [0.4, 0.5) is 5.69 Å². The molecule has 3 heteroatoms. The number of likely N-dealkylation sites (N-methyl/N-ethyl adjacent to an activating group) is 2. The van der Waals surface area contributed by atoms with Crippen molar-refractivity contribution in [2.75, 3.05) is 19.0 Å². The van der Waals surface area contributed by atoms with E-state index in [0.717, 1.165) is 28.1 Å². The minimum atomic E-state index is 0.594. The number of fused-ring (bicyclic) bond motifs is 1. The number of hydrogen-bond acceptors (Lipinski definition) is 3. The monoisotopic (exact) mass is 371 g/mol. The maximum absolute atomic E-state index is 4.40. The van der Waals surface area contributed by atoms with E-state index < -0.39 is 0 Å². The molecule has 0 bridgehead atoms. The second kappa shape index (κ2) is 8.75. The molecule has 2 aliphatic rings. The van der Waals surface area contributed by atoms with Gasteiger partial charge in [0.1, 0.15) is 0 Å². The molecule has 1 aromatic carbocycles. The van der Waals surface area contributed by atoms with Crippen molar-refractivity contribution in [3.63, 3.8) is 0 Å². The largest absolute Gasteiger partial charge is 0.388 e. The Morgan fingerprint density at radius 1 is 1.25 bits per heavy atom. The molecule has 0 spiro atoms. The van der Waals surface area contributed by atoms with E-state index >= 15 is 0 Å². The van der Waals surface area contributed by atoms with Crippen molar-refractivity contribution in [3.05, 3.63) is 96.0 Å². The van der Waals surface area contributed by atoms with Crippen LogP contribution in [-0.4, -0.2) is 20.8 Å². The van der Waals surface area contributed by atoms with Crippen LogP contribution < -0.4 is 10.2 Å². The normalized spacial score (nSPS) is 17.9. The van der Waals surface area contributed by atoms with Gasteiger partial charge in [-0.25, -0.2) is 0 Å². The van der Waals surface area contributed by atoms with Crippen LogP contribution in [0.15, 0.2) is 95.5 Å². The number of anilines is 1. The van der Waals surface area contributed by atoms with Gasteiger partial charge in [0.15, 0.2) is 0 Å². The fourth-order valence-corrected chi connectivity index (χ4v) is 3.72. The fourth-order valence-electron chi connectivity index (χ4n) is 3.72. The van der Waals surface area contributed by atoms with E-state index in [2.05, 4.69) is 78.5 Å². The molecule has 3 nitrogen and oxygen atoms in total. The Morgan fingerprint density at radius 3 is 2.64 bits per heavy atom. The van der Waals surface area contributed by atoms with Crippen LogP contribution in [0.5, 0.6) is 0 Å². The summed E-state index contributed by atoms with van der Waals surface area (Å²) in [5.74, 6) is 0.594. The van der Waals surface area contributed by atoms with Gasteiger partial charge in [0.05, 0.1) is 5.70 Å². The van der Waals surface area contributed by atoms with Gasteiger partial charge in [0, 0.05) is 42.8 Å². The number of nitrogens with zero attached hydrogens (tertiary/aromatic N) is 2. The van der Waals surface area contributed by atoms with Crippen molar-refractivity contribution in [3.8, 4) is 0 Å². The number of aliphatic imine (C=N–C) groups is 1. The van der Waals surface area contributed by atoms with E-state index in [0.29, 0.717) is 5.92 Å². The highest BCUT2D eigenvalue weighted by molar-refractivity contribution is 5.93. The van der Waals surface area contributed by atoms with E-state index in [4.69, 9.17) is 0 Å². The van der Waals surface area contributed by atoms with Crippen LogP contribution in [-0.2, 0) is 0 Å². The molecule has 0 radical (unpaired) electrons. The average Bonchev–Trinajstić information content (AvgIpc) is 2.67. The second-order valence-corrected chi connectivity index (χ2v) is 7.20. The number of rotatable bonds is 7. The van der Waals surface area contributed by atoms with Crippen LogP contribution >= 0.6 is 0 Å². The molecular weight excluding hydrogens is 342 g/mol. The molecule has 0 amide bonds. The molecule has 3 rings (SSSR count). The maximum atomic E-state index is 4.40. The predicted molar refractivity (Wildman–Crippen MR) is 122 cm³/mol. The van der Waals surface area contributed by atoms with Gasteiger partial charge in [0.2, 0.25) is 0 Å². The van der Waals surface area contributed by atoms with E-state index in [9.17, 15) is 0 Å². The third-order valence-corrected chi connectivity index (χ3v) is 5.58. The number of allylic oxidation sites excluding steroid dienone is 6. The minimum absolute atomic E-state index is 0.594. The van der Waals surface area contributed by atoms with Gasteiger partial charge >= 0.3 is 0 Å². The average molecular weight is 372 g/mol. The molecule has 1 saturated carbocycles. The molecule has 1 aliphatic carbocycles. The highest BCUT2D eigenvalue weighted by atomic mass is 15.1. The van der Waals surface area contributed by atoms with Crippen LogP contribution in [0.2, 0.25) is 0 Å². The van der Waals surface area contributed by atoms with Crippen LogP contribution in [0.1, 0.15) is 24.8 Å². The van der Waals surface area contributed by atoms with Gasteiger partial charge in [-0.15, -0.1) is 0 Å². The lowest BCUT2D eigenvalue weighted by atomic mass is 9.78. The molecule has 0 unspecified atom stereocenters. The summed E-state index contributed by atoms with van der Waals surface area (Å²) in [7, 11) is 4.02. The minimum Gasteiger partial charge on any atom is -0.388 e. The number of benzene rings is 1. The Bertz CT molecular complexity index is 907. The highest BCUT2D eigenvalue weighted by Crippen LogP contribution is 2.43. The Kier molecular flexibility index (Phi) is 6.15.